The second-order valence-electron chi connectivity index (χ2n) is 3.29. The fourth-order valence-corrected chi connectivity index (χ4v) is 1.62. The molecule has 0 saturated heterocycles. The van der Waals surface area contributed by atoms with Gasteiger partial charge in [-0.25, -0.2) is 13.8 Å². The number of nitrogens with zero attached hydrogens (tertiary/aromatic N) is 4. The zero-order valence-electron chi connectivity index (χ0n) is 7.96. The lowest BCUT2D eigenvalue weighted by molar-refractivity contribution is 0.252. The monoisotopic (exact) mass is 216 g/mol. The number of azo groups is 1. The molecule has 0 unspecified atom stereocenters. The summed E-state index contributed by atoms with van der Waals surface area (Å²) >= 11 is 0. The Morgan fingerprint density at radius 1 is 1.19 bits per heavy atom. The quantitative estimate of drug-likeness (QED) is 0.735. The second-order valence-corrected chi connectivity index (χ2v) is 3.29. The Bertz CT molecular complexity index is 617. The lowest BCUT2D eigenvalue weighted by Crippen LogP contribution is -2.02. The Kier molecular flexibility index (Phi) is 1.70. The highest BCUT2D eigenvalue weighted by Crippen LogP contribution is 2.30. The molecule has 0 radical (unpaired) electrons. The van der Waals surface area contributed by atoms with E-state index in [2.05, 4.69) is 15.2 Å². The lowest BCUT2D eigenvalue weighted by Gasteiger charge is -2.02. The topological polar surface area (TPSA) is 59.6 Å². The molecule has 16 heavy (non-hydrogen) atoms. The molecule has 2 aromatic heterocycles. The third-order valence-corrected chi connectivity index (χ3v) is 2.29. The zero-order chi connectivity index (χ0) is 11.1. The van der Waals surface area contributed by atoms with E-state index in [1.807, 2.05) is 0 Å². The maximum absolute atomic E-state index is 13.0. The summed E-state index contributed by atoms with van der Waals surface area (Å²) in [6.07, 6.45) is 2.59. The summed E-state index contributed by atoms with van der Waals surface area (Å²) in [4.78, 5) is 15.1. The van der Waals surface area contributed by atoms with Crippen LogP contribution in [-0.4, -0.2) is 15.6 Å². The minimum absolute atomic E-state index is 0.448. The molecule has 1 amide bonds. The van der Waals surface area contributed by atoms with Crippen LogP contribution < -0.4 is 0 Å². The molecule has 1 aliphatic rings. The number of carbonyl (C=O) groups is 1. The lowest BCUT2D eigenvalue weighted by atomic mass is 10.2. The van der Waals surface area contributed by atoms with Gasteiger partial charge in [0.1, 0.15) is 5.82 Å². The molecule has 0 aromatic carbocycles. The van der Waals surface area contributed by atoms with Gasteiger partial charge in [0.15, 0.2) is 5.82 Å². The van der Waals surface area contributed by atoms with E-state index in [9.17, 15) is 9.18 Å². The molecular weight excluding hydrogens is 211 g/mol. The Hall–Kier alpha value is -2.37. The van der Waals surface area contributed by atoms with Crippen LogP contribution in [0.15, 0.2) is 40.8 Å². The standard InChI is InChI=1S/C10H5FN4O/c11-7-3-6(4-12-5-7)8-1-2-9-13-14-10(16)15(8)9/h1-5H. The van der Waals surface area contributed by atoms with Gasteiger partial charge in [-0.3, -0.25) is 4.98 Å². The van der Waals surface area contributed by atoms with Crippen molar-refractivity contribution in [1.29, 1.82) is 0 Å². The van der Waals surface area contributed by atoms with Gasteiger partial charge in [0.2, 0.25) is 0 Å². The fourth-order valence-electron chi connectivity index (χ4n) is 1.62. The van der Waals surface area contributed by atoms with E-state index in [4.69, 9.17) is 0 Å². The van der Waals surface area contributed by atoms with E-state index < -0.39 is 11.8 Å². The maximum atomic E-state index is 13.0. The van der Waals surface area contributed by atoms with Crippen LogP contribution >= 0.6 is 0 Å². The number of carbonyl (C=O) groups excluding carboxylic acids is 1. The summed E-state index contributed by atoms with van der Waals surface area (Å²) in [6, 6.07) is 4.16. The van der Waals surface area contributed by atoms with Gasteiger partial charge in [-0.2, -0.15) is 0 Å². The SMILES string of the molecule is O=C1N=Nc2ccc(-c3cncc(F)c3)n21. The maximum Gasteiger partial charge on any atom is 0.372 e. The largest absolute Gasteiger partial charge is 0.372 e. The highest BCUT2D eigenvalue weighted by molar-refractivity contribution is 5.88. The molecule has 0 aliphatic carbocycles. The van der Waals surface area contributed by atoms with Gasteiger partial charge in [-0.15, -0.1) is 5.11 Å². The van der Waals surface area contributed by atoms with Crippen molar-refractivity contribution in [3.63, 3.8) is 0 Å². The van der Waals surface area contributed by atoms with Gasteiger partial charge in [0.25, 0.3) is 0 Å². The van der Waals surface area contributed by atoms with Crippen molar-refractivity contribution >= 4 is 11.8 Å². The van der Waals surface area contributed by atoms with Crippen molar-refractivity contribution in [2.75, 3.05) is 0 Å². The normalized spacial score (nSPS) is 13.2. The van der Waals surface area contributed by atoms with Gasteiger partial charge < -0.3 is 0 Å². The molecule has 5 nitrogen and oxygen atoms in total. The van der Waals surface area contributed by atoms with Gasteiger partial charge in [-0.05, 0) is 18.2 Å². The predicted molar refractivity (Wildman–Crippen MR) is 52.9 cm³/mol. The second kappa shape index (κ2) is 3.06. The third-order valence-electron chi connectivity index (χ3n) is 2.29. The van der Waals surface area contributed by atoms with Gasteiger partial charge in [-0.1, -0.05) is 5.11 Å². The number of rotatable bonds is 1. The first-order valence-electron chi connectivity index (χ1n) is 4.54. The van der Waals surface area contributed by atoms with Crippen LogP contribution in [0.3, 0.4) is 0 Å². The Labute approximate surface area is 89.3 Å². The number of hydrogen-bond acceptors (Lipinski definition) is 3. The molecule has 78 valence electrons. The summed E-state index contributed by atoms with van der Waals surface area (Å²) < 4.78 is 14.3. The van der Waals surface area contributed by atoms with Crippen molar-refractivity contribution in [2.24, 2.45) is 10.2 Å². The zero-order valence-corrected chi connectivity index (χ0v) is 7.96. The molecule has 0 bridgehead atoms. The summed E-state index contributed by atoms with van der Waals surface area (Å²) in [5.74, 6) is -0.00312. The minimum atomic E-state index is -0.473. The Balaban J connectivity index is 2.20. The number of pyridine rings is 1. The first kappa shape index (κ1) is 8.90. The van der Waals surface area contributed by atoms with Gasteiger partial charge >= 0.3 is 6.03 Å². The van der Waals surface area contributed by atoms with Crippen molar-refractivity contribution in [2.45, 2.75) is 0 Å². The number of aromatic nitrogens is 2. The minimum Gasteiger partial charge on any atom is -0.261 e. The smallest absolute Gasteiger partial charge is 0.261 e. The third kappa shape index (κ3) is 1.16. The fraction of sp³-hybridized carbons (Fsp3) is 0. The summed E-state index contributed by atoms with van der Waals surface area (Å²) in [6.45, 7) is 0. The molecule has 0 fully saturated rings. The summed E-state index contributed by atoms with van der Waals surface area (Å²) in [7, 11) is 0. The van der Waals surface area contributed by atoms with Crippen molar-refractivity contribution in [1.82, 2.24) is 9.55 Å². The molecule has 0 saturated carbocycles. The van der Waals surface area contributed by atoms with Crippen LogP contribution in [0.25, 0.3) is 11.3 Å². The van der Waals surface area contributed by atoms with E-state index in [1.54, 1.807) is 12.1 Å². The van der Waals surface area contributed by atoms with Gasteiger partial charge in [0.05, 0.1) is 11.9 Å². The van der Waals surface area contributed by atoms with E-state index in [0.717, 1.165) is 6.20 Å². The highest BCUT2D eigenvalue weighted by Gasteiger charge is 2.20. The van der Waals surface area contributed by atoms with Crippen LogP contribution in [0.1, 0.15) is 0 Å². The van der Waals surface area contributed by atoms with Crippen molar-refractivity contribution in [3.8, 4) is 11.3 Å². The first-order chi connectivity index (χ1) is 7.75. The number of amides is 1. The Morgan fingerprint density at radius 2 is 2.06 bits per heavy atom. The molecule has 0 spiro atoms. The van der Waals surface area contributed by atoms with Crippen LogP contribution in [0.5, 0.6) is 0 Å². The molecule has 0 atom stereocenters. The van der Waals surface area contributed by atoms with E-state index in [-0.39, 0.29) is 0 Å². The number of hydrogen-bond donors (Lipinski definition) is 0. The number of halogens is 1. The molecular formula is C10H5FN4O. The number of fused-ring (bicyclic) bond motifs is 1. The summed E-state index contributed by atoms with van der Waals surface area (Å²) in [5, 5.41) is 7.08. The average molecular weight is 216 g/mol. The van der Waals surface area contributed by atoms with Crippen molar-refractivity contribution in [3.05, 3.63) is 36.4 Å². The van der Waals surface area contributed by atoms with Crippen LogP contribution in [0.4, 0.5) is 15.0 Å². The van der Waals surface area contributed by atoms with E-state index in [0.29, 0.717) is 17.1 Å². The first-order valence-corrected chi connectivity index (χ1v) is 4.54. The van der Waals surface area contributed by atoms with E-state index in [1.165, 1.54) is 16.8 Å². The summed E-state index contributed by atoms with van der Waals surface area (Å²) in [5.41, 5.74) is 1.06. The Morgan fingerprint density at radius 3 is 2.88 bits per heavy atom. The van der Waals surface area contributed by atoms with Crippen LogP contribution in [-0.2, 0) is 0 Å². The molecule has 2 aromatic rings. The molecule has 6 heteroatoms. The van der Waals surface area contributed by atoms with E-state index >= 15 is 0 Å². The molecule has 3 heterocycles. The van der Waals surface area contributed by atoms with Gasteiger partial charge in [0, 0.05) is 11.8 Å². The average Bonchev–Trinajstić information content (AvgIpc) is 2.82. The molecule has 0 N–H and O–H groups in total. The van der Waals surface area contributed by atoms with Crippen molar-refractivity contribution < 1.29 is 9.18 Å². The molecule has 3 rings (SSSR count). The predicted octanol–water partition coefficient (Wildman–Crippen LogP) is 2.75. The highest BCUT2D eigenvalue weighted by atomic mass is 19.1. The van der Waals surface area contributed by atoms with Crippen LogP contribution in [0, 0.1) is 5.82 Å². The van der Waals surface area contributed by atoms with Crippen LogP contribution in [0.2, 0.25) is 0 Å². The molecule has 1 aliphatic heterocycles.